The summed E-state index contributed by atoms with van der Waals surface area (Å²) in [5.41, 5.74) is 4.88. The first kappa shape index (κ1) is 13.0. The van der Waals surface area contributed by atoms with E-state index in [0.717, 1.165) is 27.6 Å². The van der Waals surface area contributed by atoms with E-state index in [1.807, 2.05) is 38.1 Å². The monoisotopic (exact) mass is 256 g/mol. The van der Waals surface area contributed by atoms with Crippen molar-refractivity contribution in [1.82, 2.24) is 0 Å². The maximum absolute atomic E-state index is 12.6. The number of ketones is 1. The molecule has 1 unspecified atom stereocenters. The summed E-state index contributed by atoms with van der Waals surface area (Å²) in [4.78, 5) is 12.6. The first-order valence-corrected chi connectivity index (χ1v) is 6.55. The van der Waals surface area contributed by atoms with Gasteiger partial charge >= 0.3 is 0 Å². The van der Waals surface area contributed by atoms with Gasteiger partial charge in [-0.2, -0.15) is 0 Å². The van der Waals surface area contributed by atoms with Gasteiger partial charge in [-0.3, -0.25) is 4.79 Å². The Hall–Kier alpha value is -1.46. The van der Waals surface area contributed by atoms with Gasteiger partial charge in [-0.15, -0.1) is 9.24 Å². The van der Waals surface area contributed by atoms with Crippen LogP contribution in [0.25, 0.3) is 0 Å². The third-order valence-electron chi connectivity index (χ3n) is 3.11. The molecule has 18 heavy (non-hydrogen) atoms. The molecule has 0 saturated heterocycles. The Morgan fingerprint density at radius 3 is 2.11 bits per heavy atom. The number of rotatable bonds is 2. The highest BCUT2D eigenvalue weighted by Crippen LogP contribution is 2.20. The first-order valence-electron chi connectivity index (χ1n) is 5.97. The third kappa shape index (κ3) is 2.37. The summed E-state index contributed by atoms with van der Waals surface area (Å²) in [5.74, 6) is 0.107. The smallest absolute Gasteiger partial charge is 0.194 e. The fourth-order valence-corrected chi connectivity index (χ4v) is 2.72. The molecule has 0 amide bonds. The molecule has 0 fully saturated rings. The largest absolute Gasteiger partial charge is 0.289 e. The summed E-state index contributed by atoms with van der Waals surface area (Å²) >= 11 is 0. The Kier molecular flexibility index (Phi) is 3.63. The minimum Gasteiger partial charge on any atom is -0.289 e. The standard InChI is InChI=1S/C16H17OP/c1-10-8-11(2)15(12(3)9-10)16(17)13-6-4-5-7-14(13)18/h4-9H,18H2,1-3H3. The highest BCUT2D eigenvalue weighted by Gasteiger charge is 2.16. The van der Waals surface area contributed by atoms with Crippen LogP contribution < -0.4 is 5.30 Å². The zero-order chi connectivity index (χ0) is 13.3. The molecule has 1 nitrogen and oxygen atoms in total. The molecule has 0 aliphatic heterocycles. The molecule has 2 aromatic rings. The summed E-state index contributed by atoms with van der Waals surface area (Å²) in [7, 11) is 2.63. The van der Waals surface area contributed by atoms with Crippen LogP contribution in [0.2, 0.25) is 0 Å². The van der Waals surface area contributed by atoms with Gasteiger partial charge in [0.1, 0.15) is 0 Å². The van der Waals surface area contributed by atoms with Gasteiger partial charge in [0.05, 0.1) is 0 Å². The first-order chi connectivity index (χ1) is 8.50. The van der Waals surface area contributed by atoms with Crippen LogP contribution in [0, 0.1) is 20.8 Å². The van der Waals surface area contributed by atoms with Crippen molar-refractivity contribution in [2.24, 2.45) is 0 Å². The second-order valence-electron chi connectivity index (χ2n) is 4.69. The minimum atomic E-state index is 0.107. The van der Waals surface area contributed by atoms with Gasteiger partial charge < -0.3 is 0 Å². The molecular formula is C16H17OP. The fourth-order valence-electron chi connectivity index (χ4n) is 2.38. The lowest BCUT2D eigenvalue weighted by molar-refractivity contribution is 0.103. The van der Waals surface area contributed by atoms with E-state index < -0.39 is 0 Å². The van der Waals surface area contributed by atoms with Crippen LogP contribution in [0.3, 0.4) is 0 Å². The molecule has 0 aliphatic carbocycles. The van der Waals surface area contributed by atoms with E-state index in [-0.39, 0.29) is 5.78 Å². The number of aryl methyl sites for hydroxylation is 3. The molecule has 0 aliphatic rings. The second-order valence-corrected chi connectivity index (χ2v) is 5.31. The Morgan fingerprint density at radius 2 is 1.56 bits per heavy atom. The van der Waals surface area contributed by atoms with Crippen molar-refractivity contribution in [3.05, 3.63) is 64.2 Å². The lowest BCUT2D eigenvalue weighted by Gasteiger charge is -2.11. The average Bonchev–Trinajstić information content (AvgIpc) is 2.27. The summed E-state index contributed by atoms with van der Waals surface area (Å²) in [6, 6.07) is 11.8. The molecular weight excluding hydrogens is 239 g/mol. The molecule has 2 aromatic carbocycles. The van der Waals surface area contributed by atoms with E-state index in [9.17, 15) is 4.79 Å². The Balaban J connectivity index is 2.57. The SMILES string of the molecule is Cc1cc(C)c(C(=O)c2ccccc2P)c(C)c1. The van der Waals surface area contributed by atoms with Gasteiger partial charge in [-0.1, -0.05) is 42.0 Å². The molecule has 0 radical (unpaired) electrons. The highest BCUT2D eigenvalue weighted by molar-refractivity contribution is 7.27. The predicted molar refractivity (Wildman–Crippen MR) is 79.9 cm³/mol. The summed E-state index contributed by atoms with van der Waals surface area (Å²) in [6.45, 7) is 6.05. The molecule has 0 spiro atoms. The van der Waals surface area contributed by atoms with E-state index in [0.29, 0.717) is 0 Å². The van der Waals surface area contributed by atoms with Crippen LogP contribution in [-0.4, -0.2) is 5.78 Å². The van der Waals surface area contributed by atoms with Gasteiger partial charge in [0.15, 0.2) is 5.78 Å². The maximum atomic E-state index is 12.6. The fraction of sp³-hybridized carbons (Fsp3) is 0.188. The van der Waals surface area contributed by atoms with Crippen molar-refractivity contribution in [1.29, 1.82) is 0 Å². The van der Waals surface area contributed by atoms with E-state index in [1.165, 1.54) is 5.56 Å². The van der Waals surface area contributed by atoms with Gasteiger partial charge in [0, 0.05) is 11.1 Å². The predicted octanol–water partition coefficient (Wildman–Crippen LogP) is 3.34. The van der Waals surface area contributed by atoms with Gasteiger partial charge in [-0.25, -0.2) is 0 Å². The molecule has 1 atom stereocenters. The van der Waals surface area contributed by atoms with Crippen LogP contribution in [0.4, 0.5) is 0 Å². The second kappa shape index (κ2) is 5.04. The van der Waals surface area contributed by atoms with Crippen LogP contribution in [-0.2, 0) is 0 Å². The van der Waals surface area contributed by atoms with Crippen LogP contribution >= 0.6 is 9.24 Å². The van der Waals surface area contributed by atoms with Gasteiger partial charge in [0.25, 0.3) is 0 Å². The van der Waals surface area contributed by atoms with Crippen LogP contribution in [0.15, 0.2) is 36.4 Å². The van der Waals surface area contributed by atoms with Crippen molar-refractivity contribution < 1.29 is 4.79 Å². The Bertz CT molecular complexity index is 591. The van der Waals surface area contributed by atoms with Crippen molar-refractivity contribution in [2.75, 3.05) is 0 Å². The zero-order valence-corrected chi connectivity index (χ0v) is 12.1. The lowest BCUT2D eigenvalue weighted by atomic mass is 9.93. The summed E-state index contributed by atoms with van der Waals surface area (Å²) in [6.07, 6.45) is 0. The molecule has 0 bridgehead atoms. The van der Waals surface area contributed by atoms with E-state index >= 15 is 0 Å². The summed E-state index contributed by atoms with van der Waals surface area (Å²) in [5, 5.41) is 0.946. The normalized spacial score (nSPS) is 10.4. The van der Waals surface area contributed by atoms with E-state index in [1.54, 1.807) is 0 Å². The van der Waals surface area contributed by atoms with Crippen LogP contribution in [0.1, 0.15) is 32.6 Å². The van der Waals surface area contributed by atoms with Gasteiger partial charge in [-0.05, 0) is 37.2 Å². The lowest BCUT2D eigenvalue weighted by Crippen LogP contribution is -2.13. The van der Waals surface area contributed by atoms with Crippen molar-refractivity contribution in [2.45, 2.75) is 20.8 Å². The summed E-state index contributed by atoms with van der Waals surface area (Å²) < 4.78 is 0. The van der Waals surface area contributed by atoms with Crippen LogP contribution in [0.5, 0.6) is 0 Å². The number of benzene rings is 2. The quantitative estimate of drug-likeness (QED) is 0.595. The van der Waals surface area contributed by atoms with E-state index in [2.05, 4.69) is 28.3 Å². The molecule has 0 N–H and O–H groups in total. The van der Waals surface area contributed by atoms with Crippen molar-refractivity contribution in [3.63, 3.8) is 0 Å². The van der Waals surface area contributed by atoms with E-state index in [4.69, 9.17) is 0 Å². The Labute approximate surface area is 110 Å². The third-order valence-corrected chi connectivity index (χ3v) is 3.61. The topological polar surface area (TPSA) is 17.1 Å². The zero-order valence-electron chi connectivity index (χ0n) is 10.9. The van der Waals surface area contributed by atoms with Gasteiger partial charge in [0.2, 0.25) is 0 Å². The van der Waals surface area contributed by atoms with Crippen molar-refractivity contribution in [3.8, 4) is 0 Å². The minimum absolute atomic E-state index is 0.107. The number of carbonyl (C=O) groups excluding carboxylic acids is 1. The number of hydrogen-bond acceptors (Lipinski definition) is 1. The number of hydrogen-bond donors (Lipinski definition) is 0. The molecule has 0 saturated carbocycles. The molecule has 2 rings (SSSR count). The highest BCUT2D eigenvalue weighted by atomic mass is 31.0. The molecule has 2 heteroatoms. The molecule has 0 heterocycles. The average molecular weight is 256 g/mol. The molecule has 92 valence electrons. The molecule has 0 aromatic heterocycles. The number of carbonyl (C=O) groups is 1. The van der Waals surface area contributed by atoms with Crippen molar-refractivity contribution >= 4 is 20.3 Å². The Morgan fingerprint density at radius 1 is 1.00 bits per heavy atom. The maximum Gasteiger partial charge on any atom is 0.194 e.